The molecule has 0 aliphatic carbocycles. The quantitative estimate of drug-likeness (QED) is 0.209. The smallest absolute Gasteiger partial charge is 0.124 e. The van der Waals surface area contributed by atoms with Crippen LogP contribution in [0.15, 0.2) is 64.4 Å². The van der Waals surface area contributed by atoms with Gasteiger partial charge in [0.1, 0.15) is 13.6 Å². The van der Waals surface area contributed by atoms with Gasteiger partial charge in [0.15, 0.2) is 0 Å². The van der Waals surface area contributed by atoms with E-state index in [0.717, 1.165) is 36.5 Å². The first-order valence-corrected chi connectivity index (χ1v) is 9.44. The molecule has 1 rings (SSSR count). The molecule has 0 bridgehead atoms. The molecule has 4 heteroatoms. The summed E-state index contributed by atoms with van der Waals surface area (Å²) in [6.45, 7) is 5.04. The number of hydrogen-bond donors (Lipinski definition) is 1. The van der Waals surface area contributed by atoms with Crippen molar-refractivity contribution in [3.8, 4) is 0 Å². The SMILES string of the molecule is [B]/C(Br)=C/C(=C/Nc1ccccc1)C(=C/CC)/OCCCCCC. The highest BCUT2D eigenvalue weighted by Crippen LogP contribution is 2.19. The van der Waals surface area contributed by atoms with Crippen LogP contribution in [0, 0.1) is 0 Å². The molecule has 0 saturated carbocycles. The van der Waals surface area contributed by atoms with Crippen LogP contribution < -0.4 is 5.32 Å². The number of nitrogens with one attached hydrogen (secondary N) is 1. The Balaban J connectivity index is 2.81. The molecule has 0 aliphatic heterocycles. The van der Waals surface area contributed by atoms with Gasteiger partial charge in [-0.25, -0.2) is 0 Å². The third-order valence-electron chi connectivity index (χ3n) is 3.39. The summed E-state index contributed by atoms with van der Waals surface area (Å²) in [5.74, 6) is 0.861. The highest BCUT2D eigenvalue weighted by Gasteiger charge is 2.05. The second-order valence-corrected chi connectivity index (χ2v) is 6.44. The maximum absolute atomic E-state index is 6.01. The van der Waals surface area contributed by atoms with E-state index < -0.39 is 0 Å². The van der Waals surface area contributed by atoms with Crippen molar-refractivity contribution in [2.75, 3.05) is 11.9 Å². The normalized spacial score (nSPS) is 13.0. The molecule has 0 amide bonds. The predicted octanol–water partition coefficient (Wildman–Crippen LogP) is 6.28. The van der Waals surface area contributed by atoms with Gasteiger partial charge in [-0.1, -0.05) is 77.7 Å². The minimum absolute atomic E-state index is 0.570. The van der Waals surface area contributed by atoms with E-state index in [2.05, 4.69) is 41.2 Å². The van der Waals surface area contributed by atoms with E-state index in [4.69, 9.17) is 12.6 Å². The number of rotatable bonds is 11. The van der Waals surface area contributed by atoms with Gasteiger partial charge in [-0.05, 0) is 31.1 Å². The molecule has 128 valence electrons. The fraction of sp³-hybridized carbons (Fsp3) is 0.400. The van der Waals surface area contributed by atoms with Crippen molar-refractivity contribution in [2.45, 2.75) is 46.0 Å². The lowest BCUT2D eigenvalue weighted by Crippen LogP contribution is -2.01. The predicted molar refractivity (Wildman–Crippen MR) is 109 cm³/mol. The van der Waals surface area contributed by atoms with Gasteiger partial charge in [0.25, 0.3) is 0 Å². The third kappa shape index (κ3) is 9.02. The first kappa shape index (κ1) is 20.6. The van der Waals surface area contributed by atoms with Gasteiger partial charge in [0, 0.05) is 17.5 Å². The number of unbranched alkanes of at least 4 members (excludes halogenated alkanes) is 3. The summed E-state index contributed by atoms with van der Waals surface area (Å²) in [6, 6.07) is 10.0. The minimum Gasteiger partial charge on any atom is -0.493 e. The number of anilines is 1. The molecule has 0 fully saturated rings. The molecular formula is C20H27BBrNO. The zero-order valence-electron chi connectivity index (χ0n) is 14.7. The van der Waals surface area contributed by atoms with Gasteiger partial charge < -0.3 is 10.1 Å². The molecule has 0 saturated heterocycles. The third-order valence-corrected chi connectivity index (χ3v) is 3.62. The molecule has 0 aromatic heterocycles. The van der Waals surface area contributed by atoms with Crippen LogP contribution in [0.5, 0.6) is 0 Å². The van der Waals surface area contributed by atoms with E-state index in [-0.39, 0.29) is 0 Å². The Kier molecular flexibility index (Phi) is 11.1. The molecular weight excluding hydrogens is 361 g/mol. The Labute approximate surface area is 156 Å². The van der Waals surface area contributed by atoms with Crippen molar-refractivity contribution in [1.29, 1.82) is 0 Å². The van der Waals surface area contributed by atoms with Crippen molar-refractivity contribution >= 4 is 29.5 Å². The number of ether oxygens (including phenoxy) is 1. The van der Waals surface area contributed by atoms with Crippen LogP contribution in [0.3, 0.4) is 0 Å². The molecule has 2 nitrogen and oxygen atoms in total. The van der Waals surface area contributed by atoms with Crippen LogP contribution in [-0.4, -0.2) is 14.5 Å². The summed E-state index contributed by atoms with van der Waals surface area (Å²) in [5.41, 5.74) is 1.95. The molecule has 1 aromatic carbocycles. The topological polar surface area (TPSA) is 21.3 Å². The summed E-state index contributed by atoms with van der Waals surface area (Å²) in [5, 5.41) is 3.30. The second-order valence-electron chi connectivity index (χ2n) is 5.53. The molecule has 0 heterocycles. The summed E-state index contributed by atoms with van der Waals surface area (Å²) in [7, 11) is 5.82. The van der Waals surface area contributed by atoms with Crippen LogP contribution in [0.4, 0.5) is 5.69 Å². The monoisotopic (exact) mass is 387 g/mol. The van der Waals surface area contributed by atoms with Crippen molar-refractivity contribution in [3.05, 3.63) is 64.4 Å². The number of para-hydroxylation sites is 1. The average molecular weight is 388 g/mol. The highest BCUT2D eigenvalue weighted by atomic mass is 79.9. The van der Waals surface area contributed by atoms with Crippen LogP contribution in [0.1, 0.15) is 46.0 Å². The van der Waals surface area contributed by atoms with E-state index in [1.807, 2.05) is 42.6 Å². The summed E-state index contributed by atoms with van der Waals surface area (Å²) in [4.78, 5) is 0. The molecule has 1 N–H and O–H groups in total. The highest BCUT2D eigenvalue weighted by molar-refractivity contribution is 9.12. The number of allylic oxidation sites excluding steroid dienone is 2. The van der Waals surface area contributed by atoms with Crippen LogP contribution >= 0.6 is 15.9 Å². The molecule has 0 atom stereocenters. The Bertz CT molecular complexity index is 548. The Morgan fingerprint density at radius 3 is 2.54 bits per heavy atom. The maximum atomic E-state index is 6.01. The Morgan fingerprint density at radius 1 is 1.17 bits per heavy atom. The van der Waals surface area contributed by atoms with E-state index in [1.54, 1.807) is 0 Å². The van der Waals surface area contributed by atoms with Gasteiger partial charge in [-0.15, -0.1) is 0 Å². The molecule has 1 aromatic rings. The van der Waals surface area contributed by atoms with Crippen LogP contribution in [0.25, 0.3) is 0 Å². The summed E-state index contributed by atoms with van der Waals surface area (Å²) >= 11 is 3.31. The fourth-order valence-corrected chi connectivity index (χ4v) is 2.43. The van der Waals surface area contributed by atoms with E-state index >= 15 is 0 Å². The van der Waals surface area contributed by atoms with Gasteiger partial charge in [-0.2, -0.15) is 0 Å². The van der Waals surface area contributed by atoms with E-state index in [0.29, 0.717) is 4.38 Å². The molecule has 0 spiro atoms. The largest absolute Gasteiger partial charge is 0.493 e. The molecule has 24 heavy (non-hydrogen) atoms. The fourth-order valence-electron chi connectivity index (χ4n) is 2.18. The maximum Gasteiger partial charge on any atom is 0.124 e. The van der Waals surface area contributed by atoms with Gasteiger partial charge in [0.2, 0.25) is 0 Å². The van der Waals surface area contributed by atoms with Crippen LogP contribution in [-0.2, 0) is 4.74 Å². The lowest BCUT2D eigenvalue weighted by atomic mass is 10.1. The first-order valence-electron chi connectivity index (χ1n) is 8.65. The standard InChI is InChI=1S/C20H27BBrNO/c1-3-5-6-10-14-24-19(11-4-2)17(15-20(21)22)16-23-18-12-8-7-9-13-18/h7-9,11-13,15-16,23H,3-6,10,14H2,1-2H3/b17-16-,19-11-,20-15-. The van der Waals surface area contributed by atoms with Gasteiger partial charge in [-0.3, -0.25) is 0 Å². The van der Waals surface area contributed by atoms with Crippen molar-refractivity contribution in [3.63, 3.8) is 0 Å². The molecule has 0 unspecified atom stereocenters. The van der Waals surface area contributed by atoms with Crippen molar-refractivity contribution in [1.82, 2.24) is 0 Å². The number of benzene rings is 1. The van der Waals surface area contributed by atoms with Crippen molar-refractivity contribution in [2.24, 2.45) is 0 Å². The summed E-state index contributed by atoms with van der Waals surface area (Å²) in [6.07, 6.45) is 11.5. The molecule has 0 aliphatic rings. The lowest BCUT2D eigenvalue weighted by molar-refractivity contribution is 0.213. The second kappa shape index (κ2) is 12.9. The van der Waals surface area contributed by atoms with Gasteiger partial charge >= 0.3 is 0 Å². The number of halogens is 1. The van der Waals surface area contributed by atoms with Crippen molar-refractivity contribution < 1.29 is 4.74 Å². The lowest BCUT2D eigenvalue weighted by Gasteiger charge is -2.13. The summed E-state index contributed by atoms with van der Waals surface area (Å²) < 4.78 is 6.58. The van der Waals surface area contributed by atoms with Crippen LogP contribution in [0.2, 0.25) is 0 Å². The Morgan fingerprint density at radius 2 is 1.92 bits per heavy atom. The minimum atomic E-state index is 0.570. The van der Waals surface area contributed by atoms with E-state index in [1.165, 1.54) is 19.3 Å². The van der Waals surface area contributed by atoms with Gasteiger partial charge in [0.05, 0.1) is 6.61 Å². The Hall–Kier alpha value is -1.42. The number of hydrogen-bond acceptors (Lipinski definition) is 2. The first-order chi connectivity index (χ1) is 11.7. The zero-order chi connectivity index (χ0) is 17.6. The average Bonchev–Trinajstić information content (AvgIpc) is 2.58. The van der Waals surface area contributed by atoms with E-state index in [9.17, 15) is 0 Å². The molecule has 2 radical (unpaired) electrons. The zero-order valence-corrected chi connectivity index (χ0v) is 16.3.